The lowest BCUT2D eigenvalue weighted by atomic mass is 10.2. The van der Waals surface area contributed by atoms with E-state index < -0.39 is 0 Å². The summed E-state index contributed by atoms with van der Waals surface area (Å²) in [6.07, 6.45) is 0.984. The van der Waals surface area contributed by atoms with Crippen LogP contribution in [0.2, 0.25) is 0 Å². The summed E-state index contributed by atoms with van der Waals surface area (Å²) in [5.74, 6) is 0.813. The SMILES string of the molecule is CCCOc1cccc2nc3ccccc3nc12. The summed E-state index contributed by atoms with van der Waals surface area (Å²) in [5.41, 5.74) is 3.53. The molecule has 0 spiro atoms. The molecule has 3 aromatic rings. The van der Waals surface area contributed by atoms with Crippen LogP contribution in [0, 0.1) is 0 Å². The molecule has 3 heteroatoms. The van der Waals surface area contributed by atoms with E-state index in [2.05, 4.69) is 16.9 Å². The van der Waals surface area contributed by atoms with E-state index in [-0.39, 0.29) is 0 Å². The molecule has 0 fully saturated rings. The van der Waals surface area contributed by atoms with Gasteiger partial charge in [-0.05, 0) is 30.7 Å². The minimum atomic E-state index is 0.702. The number of aromatic nitrogens is 2. The number of fused-ring (bicyclic) bond motifs is 2. The van der Waals surface area contributed by atoms with Gasteiger partial charge in [-0.1, -0.05) is 25.1 Å². The van der Waals surface area contributed by atoms with Crippen molar-refractivity contribution >= 4 is 22.1 Å². The summed E-state index contributed by atoms with van der Waals surface area (Å²) in [4.78, 5) is 9.25. The molecule has 0 saturated carbocycles. The molecule has 0 aliphatic heterocycles. The normalized spacial score (nSPS) is 10.9. The van der Waals surface area contributed by atoms with Crippen LogP contribution in [0.15, 0.2) is 42.5 Å². The van der Waals surface area contributed by atoms with Crippen LogP contribution in [-0.2, 0) is 0 Å². The second-order valence-corrected chi connectivity index (χ2v) is 4.18. The maximum atomic E-state index is 5.71. The first-order valence-corrected chi connectivity index (χ1v) is 6.17. The molecule has 18 heavy (non-hydrogen) atoms. The fraction of sp³-hybridized carbons (Fsp3) is 0.200. The van der Waals surface area contributed by atoms with Gasteiger partial charge < -0.3 is 4.74 Å². The minimum absolute atomic E-state index is 0.702. The number of benzene rings is 2. The van der Waals surface area contributed by atoms with Gasteiger partial charge in [-0.25, -0.2) is 9.97 Å². The molecule has 1 heterocycles. The summed E-state index contributed by atoms with van der Waals surface area (Å²) in [6, 6.07) is 13.8. The molecule has 0 saturated heterocycles. The molecule has 2 aromatic carbocycles. The Hall–Kier alpha value is -2.16. The van der Waals surface area contributed by atoms with Gasteiger partial charge in [0.1, 0.15) is 11.3 Å². The molecule has 0 bridgehead atoms. The molecule has 0 radical (unpaired) electrons. The van der Waals surface area contributed by atoms with Gasteiger partial charge in [0.25, 0.3) is 0 Å². The van der Waals surface area contributed by atoms with Crippen LogP contribution in [0.5, 0.6) is 5.75 Å². The lowest BCUT2D eigenvalue weighted by molar-refractivity contribution is 0.320. The Morgan fingerprint density at radius 2 is 1.61 bits per heavy atom. The van der Waals surface area contributed by atoms with Crippen molar-refractivity contribution in [2.24, 2.45) is 0 Å². The van der Waals surface area contributed by atoms with Gasteiger partial charge in [0.2, 0.25) is 0 Å². The molecule has 1 aromatic heterocycles. The van der Waals surface area contributed by atoms with Gasteiger partial charge in [0.05, 0.1) is 23.2 Å². The van der Waals surface area contributed by atoms with Crippen LogP contribution >= 0.6 is 0 Å². The third-order valence-corrected chi connectivity index (χ3v) is 2.79. The summed E-state index contributed by atoms with van der Waals surface area (Å²) in [7, 11) is 0. The fourth-order valence-corrected chi connectivity index (χ4v) is 1.95. The van der Waals surface area contributed by atoms with E-state index in [9.17, 15) is 0 Å². The molecule has 3 nitrogen and oxygen atoms in total. The smallest absolute Gasteiger partial charge is 0.147 e. The van der Waals surface area contributed by atoms with E-state index in [1.165, 1.54) is 0 Å². The lowest BCUT2D eigenvalue weighted by Gasteiger charge is -2.07. The Morgan fingerprint density at radius 1 is 0.889 bits per heavy atom. The molecule has 0 aliphatic rings. The Morgan fingerprint density at radius 3 is 2.39 bits per heavy atom. The van der Waals surface area contributed by atoms with Crippen molar-refractivity contribution in [3.05, 3.63) is 42.5 Å². The first-order valence-electron chi connectivity index (χ1n) is 6.17. The minimum Gasteiger partial charge on any atom is -0.491 e. The van der Waals surface area contributed by atoms with Gasteiger partial charge >= 0.3 is 0 Å². The highest BCUT2D eigenvalue weighted by atomic mass is 16.5. The number of para-hydroxylation sites is 3. The molecule has 0 atom stereocenters. The van der Waals surface area contributed by atoms with Gasteiger partial charge in [0.15, 0.2) is 0 Å². The predicted octanol–water partition coefficient (Wildman–Crippen LogP) is 3.57. The Kier molecular flexibility index (Phi) is 2.81. The van der Waals surface area contributed by atoms with Crippen molar-refractivity contribution in [2.45, 2.75) is 13.3 Å². The van der Waals surface area contributed by atoms with Crippen molar-refractivity contribution in [1.29, 1.82) is 0 Å². The van der Waals surface area contributed by atoms with Crippen LogP contribution in [0.25, 0.3) is 22.1 Å². The van der Waals surface area contributed by atoms with Crippen molar-refractivity contribution in [3.8, 4) is 5.75 Å². The zero-order valence-electron chi connectivity index (χ0n) is 10.3. The number of rotatable bonds is 3. The molecule has 0 unspecified atom stereocenters. The largest absolute Gasteiger partial charge is 0.491 e. The molecular formula is C15H14N2O. The monoisotopic (exact) mass is 238 g/mol. The highest BCUT2D eigenvalue weighted by Gasteiger charge is 2.06. The highest BCUT2D eigenvalue weighted by Crippen LogP contribution is 2.24. The van der Waals surface area contributed by atoms with Gasteiger partial charge in [-0.2, -0.15) is 0 Å². The first kappa shape index (κ1) is 11.0. The second-order valence-electron chi connectivity index (χ2n) is 4.18. The van der Waals surface area contributed by atoms with Crippen LogP contribution in [0.4, 0.5) is 0 Å². The summed E-state index contributed by atoms with van der Waals surface area (Å²) in [5, 5.41) is 0. The topological polar surface area (TPSA) is 35.0 Å². The van der Waals surface area contributed by atoms with E-state index in [0.29, 0.717) is 6.61 Å². The molecular weight excluding hydrogens is 224 g/mol. The molecule has 0 N–H and O–H groups in total. The van der Waals surface area contributed by atoms with Gasteiger partial charge in [-0.3, -0.25) is 0 Å². The average Bonchev–Trinajstić information content (AvgIpc) is 2.43. The van der Waals surface area contributed by atoms with Gasteiger partial charge in [-0.15, -0.1) is 0 Å². The number of hydrogen-bond donors (Lipinski definition) is 0. The third-order valence-electron chi connectivity index (χ3n) is 2.79. The molecule has 0 amide bonds. The summed E-state index contributed by atoms with van der Waals surface area (Å²) < 4.78 is 5.71. The van der Waals surface area contributed by atoms with Crippen molar-refractivity contribution in [3.63, 3.8) is 0 Å². The van der Waals surface area contributed by atoms with E-state index in [1.54, 1.807) is 0 Å². The van der Waals surface area contributed by atoms with Crippen LogP contribution < -0.4 is 4.74 Å². The fourth-order valence-electron chi connectivity index (χ4n) is 1.95. The van der Waals surface area contributed by atoms with Crippen molar-refractivity contribution < 1.29 is 4.74 Å². The lowest BCUT2D eigenvalue weighted by Crippen LogP contribution is -1.97. The van der Waals surface area contributed by atoms with E-state index in [4.69, 9.17) is 4.74 Å². The first-order chi connectivity index (χ1) is 8.88. The number of hydrogen-bond acceptors (Lipinski definition) is 3. The number of ether oxygens (including phenoxy) is 1. The quantitative estimate of drug-likeness (QED) is 0.654. The summed E-state index contributed by atoms with van der Waals surface area (Å²) >= 11 is 0. The van der Waals surface area contributed by atoms with Gasteiger partial charge in [0, 0.05) is 0 Å². The van der Waals surface area contributed by atoms with E-state index >= 15 is 0 Å². The third kappa shape index (κ3) is 1.88. The van der Waals surface area contributed by atoms with Crippen LogP contribution in [-0.4, -0.2) is 16.6 Å². The average molecular weight is 238 g/mol. The zero-order valence-corrected chi connectivity index (χ0v) is 10.3. The number of nitrogens with zero attached hydrogens (tertiary/aromatic N) is 2. The zero-order chi connectivity index (χ0) is 12.4. The van der Waals surface area contributed by atoms with E-state index in [0.717, 1.165) is 34.2 Å². The predicted molar refractivity (Wildman–Crippen MR) is 72.8 cm³/mol. The van der Waals surface area contributed by atoms with Crippen molar-refractivity contribution in [1.82, 2.24) is 9.97 Å². The highest BCUT2D eigenvalue weighted by molar-refractivity contribution is 5.89. The molecule has 90 valence electrons. The van der Waals surface area contributed by atoms with E-state index in [1.807, 2.05) is 42.5 Å². The maximum Gasteiger partial charge on any atom is 0.147 e. The molecule has 0 aliphatic carbocycles. The van der Waals surface area contributed by atoms with Crippen LogP contribution in [0.1, 0.15) is 13.3 Å². The Bertz CT molecular complexity index is 694. The Balaban J connectivity index is 2.22. The second kappa shape index (κ2) is 4.61. The van der Waals surface area contributed by atoms with Crippen LogP contribution in [0.3, 0.4) is 0 Å². The summed E-state index contributed by atoms with van der Waals surface area (Å²) in [6.45, 7) is 2.79. The standard InChI is InChI=1S/C15H14N2O/c1-2-10-18-14-9-5-8-13-15(14)17-12-7-4-3-6-11(12)16-13/h3-9H,2,10H2,1H3. The van der Waals surface area contributed by atoms with Crippen molar-refractivity contribution in [2.75, 3.05) is 6.61 Å². The molecule has 3 rings (SSSR count). The maximum absolute atomic E-state index is 5.71. The Labute approximate surface area is 105 Å².